The van der Waals surface area contributed by atoms with Crippen LogP contribution in [0.15, 0.2) is 18.2 Å². The number of aliphatic hydroxyl groups excluding tert-OH is 1. The lowest BCUT2D eigenvalue weighted by Crippen LogP contribution is -2.41. The SMILES string of the molecule is O=C(N[C@@H](CCO)C(=O)O)c1c(Cl)cccc1Cl. The van der Waals surface area contributed by atoms with Crippen molar-refractivity contribution in [1.29, 1.82) is 0 Å². The highest BCUT2D eigenvalue weighted by Crippen LogP contribution is 2.24. The van der Waals surface area contributed by atoms with Gasteiger partial charge in [0.1, 0.15) is 6.04 Å². The summed E-state index contributed by atoms with van der Waals surface area (Å²) in [7, 11) is 0. The molecule has 18 heavy (non-hydrogen) atoms. The zero-order valence-corrected chi connectivity index (χ0v) is 10.7. The van der Waals surface area contributed by atoms with E-state index >= 15 is 0 Å². The minimum atomic E-state index is -1.24. The van der Waals surface area contributed by atoms with Gasteiger partial charge in [-0.3, -0.25) is 4.79 Å². The van der Waals surface area contributed by atoms with Crippen molar-refractivity contribution < 1.29 is 19.8 Å². The first-order valence-electron chi connectivity index (χ1n) is 5.06. The summed E-state index contributed by atoms with van der Waals surface area (Å²) in [6, 6.07) is 3.34. The summed E-state index contributed by atoms with van der Waals surface area (Å²) in [5.41, 5.74) is 0.0185. The Bertz CT molecular complexity index is 444. The molecule has 1 atom stereocenters. The summed E-state index contributed by atoms with van der Waals surface area (Å²) in [4.78, 5) is 22.7. The highest BCUT2D eigenvalue weighted by Gasteiger charge is 2.22. The van der Waals surface area contributed by atoms with Crippen LogP contribution >= 0.6 is 23.2 Å². The minimum Gasteiger partial charge on any atom is -0.480 e. The van der Waals surface area contributed by atoms with E-state index in [1.165, 1.54) is 12.1 Å². The van der Waals surface area contributed by atoms with Gasteiger partial charge in [-0.15, -0.1) is 0 Å². The fourth-order valence-corrected chi connectivity index (χ4v) is 1.90. The van der Waals surface area contributed by atoms with Crippen LogP contribution in [0.25, 0.3) is 0 Å². The number of aliphatic carboxylic acids is 1. The van der Waals surface area contributed by atoms with E-state index in [1.807, 2.05) is 0 Å². The van der Waals surface area contributed by atoms with Crippen molar-refractivity contribution in [3.8, 4) is 0 Å². The van der Waals surface area contributed by atoms with E-state index in [0.717, 1.165) is 0 Å². The molecule has 7 heteroatoms. The first-order valence-corrected chi connectivity index (χ1v) is 5.81. The van der Waals surface area contributed by atoms with Crippen LogP contribution in [0.5, 0.6) is 0 Å². The second kappa shape index (κ2) is 6.58. The number of carboxylic acid groups (broad SMARTS) is 1. The quantitative estimate of drug-likeness (QED) is 0.768. The third-order valence-electron chi connectivity index (χ3n) is 2.21. The number of benzene rings is 1. The highest BCUT2D eigenvalue weighted by molar-refractivity contribution is 6.39. The summed E-state index contributed by atoms with van der Waals surface area (Å²) in [5, 5.41) is 20.1. The molecule has 0 unspecified atom stereocenters. The number of hydrogen-bond donors (Lipinski definition) is 3. The second-order valence-electron chi connectivity index (χ2n) is 3.47. The molecule has 1 aromatic carbocycles. The summed E-state index contributed by atoms with van der Waals surface area (Å²) in [5.74, 6) is -1.92. The van der Waals surface area contributed by atoms with E-state index < -0.39 is 17.9 Å². The van der Waals surface area contributed by atoms with Gasteiger partial charge >= 0.3 is 5.97 Å². The summed E-state index contributed by atoms with van der Waals surface area (Å²) in [6.45, 7) is -0.354. The van der Waals surface area contributed by atoms with E-state index in [2.05, 4.69) is 5.32 Å². The van der Waals surface area contributed by atoms with Crippen molar-refractivity contribution in [3.63, 3.8) is 0 Å². The molecule has 0 aliphatic carbocycles. The van der Waals surface area contributed by atoms with Gasteiger partial charge in [0.15, 0.2) is 0 Å². The lowest BCUT2D eigenvalue weighted by molar-refractivity contribution is -0.139. The smallest absolute Gasteiger partial charge is 0.326 e. The van der Waals surface area contributed by atoms with Crippen molar-refractivity contribution in [2.45, 2.75) is 12.5 Å². The molecule has 0 bridgehead atoms. The van der Waals surface area contributed by atoms with E-state index in [1.54, 1.807) is 6.07 Å². The van der Waals surface area contributed by atoms with Gasteiger partial charge in [-0.25, -0.2) is 4.79 Å². The summed E-state index contributed by atoms with van der Waals surface area (Å²) >= 11 is 11.6. The molecular weight excluding hydrogens is 281 g/mol. The molecule has 0 fully saturated rings. The molecule has 1 aromatic rings. The van der Waals surface area contributed by atoms with E-state index in [9.17, 15) is 9.59 Å². The van der Waals surface area contributed by atoms with Gasteiger partial charge in [0, 0.05) is 13.0 Å². The zero-order chi connectivity index (χ0) is 13.7. The van der Waals surface area contributed by atoms with E-state index in [0.29, 0.717) is 0 Å². The summed E-state index contributed by atoms with van der Waals surface area (Å²) < 4.78 is 0. The number of carbonyl (C=O) groups is 2. The summed E-state index contributed by atoms with van der Waals surface area (Å²) in [6.07, 6.45) is -0.0941. The maximum absolute atomic E-state index is 11.9. The predicted molar refractivity (Wildman–Crippen MR) is 67.1 cm³/mol. The third-order valence-corrected chi connectivity index (χ3v) is 2.84. The van der Waals surface area contributed by atoms with E-state index in [4.69, 9.17) is 33.4 Å². The number of halogens is 2. The molecule has 5 nitrogen and oxygen atoms in total. The lowest BCUT2D eigenvalue weighted by atomic mass is 10.1. The average Bonchev–Trinajstić information content (AvgIpc) is 2.28. The largest absolute Gasteiger partial charge is 0.480 e. The van der Waals surface area contributed by atoms with Crippen molar-refractivity contribution in [1.82, 2.24) is 5.32 Å². The van der Waals surface area contributed by atoms with Crippen LogP contribution < -0.4 is 5.32 Å². The van der Waals surface area contributed by atoms with Gasteiger partial charge in [-0.2, -0.15) is 0 Å². The Morgan fingerprint density at radius 1 is 1.28 bits per heavy atom. The average molecular weight is 292 g/mol. The molecule has 0 heterocycles. The number of amides is 1. The molecule has 1 amide bonds. The van der Waals surface area contributed by atoms with Crippen molar-refractivity contribution >= 4 is 35.1 Å². The first-order chi connectivity index (χ1) is 8.47. The lowest BCUT2D eigenvalue weighted by Gasteiger charge is -2.14. The monoisotopic (exact) mass is 291 g/mol. The molecule has 0 aliphatic rings. The van der Waals surface area contributed by atoms with Crippen LogP contribution in [0, 0.1) is 0 Å². The number of aliphatic hydroxyl groups is 1. The van der Waals surface area contributed by atoms with Gasteiger partial charge in [-0.05, 0) is 12.1 Å². The number of carbonyl (C=O) groups excluding carboxylic acids is 1. The first kappa shape index (κ1) is 14.8. The Kier molecular flexibility index (Phi) is 5.40. The Balaban J connectivity index is 2.90. The number of rotatable bonds is 5. The Hall–Kier alpha value is -1.30. The van der Waals surface area contributed by atoms with Crippen LogP contribution in [-0.2, 0) is 4.79 Å². The molecule has 0 aromatic heterocycles. The molecule has 0 spiro atoms. The van der Waals surface area contributed by atoms with E-state index in [-0.39, 0.29) is 28.6 Å². The predicted octanol–water partition coefficient (Wildman–Crippen LogP) is 1.56. The topological polar surface area (TPSA) is 86.6 Å². The van der Waals surface area contributed by atoms with Crippen LogP contribution in [0.4, 0.5) is 0 Å². The highest BCUT2D eigenvalue weighted by atomic mass is 35.5. The number of carboxylic acids is 1. The molecule has 0 saturated carbocycles. The van der Waals surface area contributed by atoms with Gasteiger partial charge in [0.05, 0.1) is 15.6 Å². The van der Waals surface area contributed by atoms with Crippen LogP contribution in [-0.4, -0.2) is 34.7 Å². The van der Waals surface area contributed by atoms with Crippen molar-refractivity contribution in [3.05, 3.63) is 33.8 Å². The van der Waals surface area contributed by atoms with Crippen LogP contribution in [0.1, 0.15) is 16.8 Å². The van der Waals surface area contributed by atoms with Gasteiger partial charge in [0.25, 0.3) is 5.91 Å². The Morgan fingerprint density at radius 2 is 1.83 bits per heavy atom. The van der Waals surface area contributed by atoms with Crippen LogP contribution in [0.2, 0.25) is 10.0 Å². The molecule has 98 valence electrons. The molecule has 0 aliphatic heterocycles. The van der Waals surface area contributed by atoms with Crippen LogP contribution in [0.3, 0.4) is 0 Å². The van der Waals surface area contributed by atoms with Gasteiger partial charge in [-0.1, -0.05) is 29.3 Å². The molecule has 0 saturated heterocycles. The molecule has 0 radical (unpaired) electrons. The number of nitrogens with one attached hydrogen (secondary N) is 1. The normalized spacial score (nSPS) is 11.9. The Labute approximate surface area is 113 Å². The van der Waals surface area contributed by atoms with Crippen molar-refractivity contribution in [2.75, 3.05) is 6.61 Å². The van der Waals surface area contributed by atoms with Crippen molar-refractivity contribution in [2.24, 2.45) is 0 Å². The third kappa shape index (κ3) is 3.60. The minimum absolute atomic E-state index is 0.0185. The molecule has 1 rings (SSSR count). The number of hydrogen-bond acceptors (Lipinski definition) is 3. The maximum Gasteiger partial charge on any atom is 0.326 e. The zero-order valence-electron chi connectivity index (χ0n) is 9.19. The standard InChI is InChI=1S/C11H11Cl2NO4/c12-6-2-1-3-7(13)9(6)10(16)14-8(4-5-15)11(17)18/h1-3,8,15H,4-5H2,(H,14,16)(H,17,18)/t8-/m0/s1. The van der Waals surface area contributed by atoms with Gasteiger partial charge in [0.2, 0.25) is 0 Å². The Morgan fingerprint density at radius 3 is 2.28 bits per heavy atom. The van der Waals surface area contributed by atoms with Gasteiger partial charge < -0.3 is 15.5 Å². The fraction of sp³-hybridized carbons (Fsp3) is 0.273. The maximum atomic E-state index is 11.9. The molecular formula is C11H11Cl2NO4. The molecule has 3 N–H and O–H groups in total. The fourth-order valence-electron chi connectivity index (χ4n) is 1.33. The second-order valence-corrected chi connectivity index (χ2v) is 4.29.